The second-order valence-electron chi connectivity index (χ2n) is 4.04. The quantitative estimate of drug-likeness (QED) is 0.693. The molecule has 84 valence electrons. The molecule has 4 nitrogen and oxygen atoms in total. The first-order valence-electron chi connectivity index (χ1n) is 5.17. The Kier molecular flexibility index (Phi) is 4.58. The average Bonchev–Trinajstić information content (AvgIpc) is 2.15. The van der Waals surface area contributed by atoms with E-state index in [0.717, 1.165) is 25.7 Å². The van der Waals surface area contributed by atoms with Crippen LogP contribution < -0.4 is 0 Å². The molecule has 0 saturated carbocycles. The highest BCUT2D eigenvalue weighted by Gasteiger charge is 2.28. The van der Waals surface area contributed by atoms with E-state index >= 15 is 0 Å². The van der Waals surface area contributed by atoms with Gasteiger partial charge in [-0.25, -0.2) is 4.57 Å². The molecule has 1 aliphatic heterocycles. The summed E-state index contributed by atoms with van der Waals surface area (Å²) in [5, 5.41) is 0. The summed E-state index contributed by atoms with van der Waals surface area (Å²) in [5.74, 6) is 0.247. The highest BCUT2D eigenvalue weighted by molar-refractivity contribution is 7.47. The first-order chi connectivity index (χ1) is 6.51. The van der Waals surface area contributed by atoms with Gasteiger partial charge in [0.25, 0.3) is 0 Å². The third-order valence-corrected chi connectivity index (χ3v) is 3.45. The van der Waals surface area contributed by atoms with Crippen LogP contribution in [0.25, 0.3) is 0 Å². The summed E-state index contributed by atoms with van der Waals surface area (Å²) in [6.07, 6.45) is 3.58. The van der Waals surface area contributed by atoms with E-state index in [1.807, 2.05) is 13.8 Å². The van der Waals surface area contributed by atoms with Crippen LogP contribution in [0, 0.1) is 5.92 Å². The van der Waals surface area contributed by atoms with Crippen LogP contribution >= 0.6 is 7.82 Å². The van der Waals surface area contributed by atoms with E-state index in [2.05, 4.69) is 0 Å². The average molecular weight is 222 g/mol. The molecule has 0 aromatic heterocycles. The van der Waals surface area contributed by atoms with Gasteiger partial charge in [0.05, 0.1) is 12.7 Å². The Bertz CT molecular complexity index is 217. The summed E-state index contributed by atoms with van der Waals surface area (Å²) < 4.78 is 21.3. The van der Waals surface area contributed by atoms with E-state index in [1.54, 1.807) is 0 Å². The number of hydrogen-bond donors (Lipinski definition) is 1. The van der Waals surface area contributed by atoms with Crippen LogP contribution in [0.2, 0.25) is 0 Å². The molecule has 0 spiro atoms. The van der Waals surface area contributed by atoms with Gasteiger partial charge in [-0.15, -0.1) is 0 Å². The molecule has 1 fully saturated rings. The van der Waals surface area contributed by atoms with Crippen molar-refractivity contribution in [2.24, 2.45) is 5.92 Å². The predicted octanol–water partition coefficient (Wildman–Crippen LogP) is 2.72. The molecule has 14 heavy (non-hydrogen) atoms. The second-order valence-corrected chi connectivity index (χ2v) is 5.45. The fourth-order valence-electron chi connectivity index (χ4n) is 1.51. The number of hydrogen-bond acceptors (Lipinski definition) is 3. The van der Waals surface area contributed by atoms with Crippen molar-refractivity contribution in [3.63, 3.8) is 0 Å². The minimum absolute atomic E-state index is 0.163. The van der Waals surface area contributed by atoms with Crippen molar-refractivity contribution in [3.05, 3.63) is 0 Å². The molecule has 5 heteroatoms. The molecule has 0 aromatic rings. The van der Waals surface area contributed by atoms with E-state index in [0.29, 0.717) is 6.61 Å². The molecule has 0 aliphatic carbocycles. The summed E-state index contributed by atoms with van der Waals surface area (Å²) in [6, 6.07) is 0. The maximum Gasteiger partial charge on any atom is 0.472 e. The van der Waals surface area contributed by atoms with E-state index in [1.165, 1.54) is 0 Å². The lowest BCUT2D eigenvalue weighted by Crippen LogP contribution is -2.18. The Morgan fingerprint density at radius 2 is 2.07 bits per heavy atom. The minimum atomic E-state index is -3.80. The van der Waals surface area contributed by atoms with Gasteiger partial charge in [-0.3, -0.25) is 9.05 Å². The monoisotopic (exact) mass is 222 g/mol. The molecule has 1 heterocycles. The van der Waals surface area contributed by atoms with Crippen LogP contribution in [-0.2, 0) is 13.6 Å². The zero-order valence-electron chi connectivity index (χ0n) is 8.81. The molecule has 1 aliphatic rings. The zero-order valence-corrected chi connectivity index (χ0v) is 9.70. The van der Waals surface area contributed by atoms with Crippen molar-refractivity contribution in [1.29, 1.82) is 0 Å². The highest BCUT2D eigenvalue weighted by Crippen LogP contribution is 2.47. The van der Waals surface area contributed by atoms with Gasteiger partial charge in [0.15, 0.2) is 0 Å². The Morgan fingerprint density at radius 1 is 1.36 bits per heavy atom. The number of phosphoric ester groups is 1. The largest absolute Gasteiger partial charge is 0.472 e. The first kappa shape index (κ1) is 12.2. The molecule has 1 rings (SSSR count). The fraction of sp³-hybridized carbons (Fsp3) is 1.00. The Hall–Kier alpha value is 0.110. The molecular formula is C9H19O4P. The number of phosphoric acid groups is 1. The van der Waals surface area contributed by atoms with Crippen LogP contribution in [0.4, 0.5) is 0 Å². The predicted molar refractivity (Wildman–Crippen MR) is 54.0 cm³/mol. The van der Waals surface area contributed by atoms with Crippen molar-refractivity contribution in [2.45, 2.75) is 45.6 Å². The van der Waals surface area contributed by atoms with Crippen LogP contribution in [0.1, 0.15) is 39.5 Å². The van der Waals surface area contributed by atoms with Crippen molar-refractivity contribution >= 4 is 7.82 Å². The van der Waals surface area contributed by atoms with Crippen molar-refractivity contribution < 1.29 is 18.5 Å². The van der Waals surface area contributed by atoms with Crippen molar-refractivity contribution in [2.75, 3.05) is 6.61 Å². The Morgan fingerprint density at radius 3 is 2.71 bits per heavy atom. The third kappa shape index (κ3) is 4.09. The summed E-state index contributed by atoms with van der Waals surface area (Å²) in [7, 11) is -3.80. The molecule has 1 saturated heterocycles. The topological polar surface area (TPSA) is 55.8 Å². The molecule has 1 N–H and O–H groups in total. The standard InChI is InChI=1S/C9H19O4P/c1-8(2)9-6-4-3-5-7-12-14(10,11)13-9/h8-9H,3-7H2,1-2H3,(H,10,11). The zero-order chi connectivity index (χ0) is 10.6. The number of rotatable bonds is 1. The second kappa shape index (κ2) is 5.26. The fourth-order valence-corrected chi connectivity index (χ4v) is 2.63. The van der Waals surface area contributed by atoms with Crippen LogP contribution in [-0.4, -0.2) is 17.6 Å². The van der Waals surface area contributed by atoms with Gasteiger partial charge in [-0.1, -0.05) is 26.7 Å². The van der Waals surface area contributed by atoms with Gasteiger partial charge >= 0.3 is 7.82 Å². The minimum Gasteiger partial charge on any atom is -0.302 e. The van der Waals surface area contributed by atoms with Crippen LogP contribution in [0.5, 0.6) is 0 Å². The van der Waals surface area contributed by atoms with Crippen molar-refractivity contribution in [1.82, 2.24) is 0 Å². The first-order valence-corrected chi connectivity index (χ1v) is 6.66. The van der Waals surface area contributed by atoms with E-state index in [4.69, 9.17) is 9.05 Å². The lowest BCUT2D eigenvalue weighted by molar-refractivity contribution is 0.0787. The molecule has 2 unspecified atom stereocenters. The summed E-state index contributed by atoms with van der Waals surface area (Å²) in [6.45, 7) is 4.30. The van der Waals surface area contributed by atoms with Crippen LogP contribution in [0.3, 0.4) is 0 Å². The Balaban J connectivity index is 2.61. The van der Waals surface area contributed by atoms with Gasteiger partial charge < -0.3 is 4.89 Å². The van der Waals surface area contributed by atoms with Gasteiger partial charge in [-0.05, 0) is 18.8 Å². The van der Waals surface area contributed by atoms with Gasteiger partial charge in [-0.2, -0.15) is 0 Å². The van der Waals surface area contributed by atoms with E-state index < -0.39 is 7.82 Å². The molecule has 0 bridgehead atoms. The molecule has 2 atom stereocenters. The lowest BCUT2D eigenvalue weighted by atomic mass is 10.0. The van der Waals surface area contributed by atoms with Gasteiger partial charge in [0, 0.05) is 0 Å². The molecule has 0 aromatic carbocycles. The van der Waals surface area contributed by atoms with Gasteiger partial charge in [0.2, 0.25) is 0 Å². The summed E-state index contributed by atoms with van der Waals surface area (Å²) >= 11 is 0. The van der Waals surface area contributed by atoms with E-state index in [9.17, 15) is 9.46 Å². The maximum atomic E-state index is 11.4. The van der Waals surface area contributed by atoms with Crippen LogP contribution in [0.15, 0.2) is 0 Å². The van der Waals surface area contributed by atoms with Gasteiger partial charge in [0.1, 0.15) is 0 Å². The summed E-state index contributed by atoms with van der Waals surface area (Å²) in [4.78, 5) is 9.33. The van der Waals surface area contributed by atoms with Crippen molar-refractivity contribution in [3.8, 4) is 0 Å². The SMILES string of the molecule is CC(C)C1CCCCCOP(=O)(O)O1. The lowest BCUT2D eigenvalue weighted by Gasteiger charge is -2.22. The summed E-state index contributed by atoms with van der Waals surface area (Å²) in [5.41, 5.74) is 0. The highest BCUT2D eigenvalue weighted by atomic mass is 31.2. The third-order valence-electron chi connectivity index (χ3n) is 2.40. The molecular weight excluding hydrogens is 203 g/mol. The molecule has 0 amide bonds. The molecule has 0 radical (unpaired) electrons. The smallest absolute Gasteiger partial charge is 0.302 e. The maximum absolute atomic E-state index is 11.4. The Labute approximate surface area is 85.2 Å². The van der Waals surface area contributed by atoms with E-state index in [-0.39, 0.29) is 12.0 Å². The normalized spacial score (nSPS) is 36.1.